The molecule has 3 rings (SSSR count). The second-order valence-corrected chi connectivity index (χ2v) is 8.12. The predicted molar refractivity (Wildman–Crippen MR) is 108 cm³/mol. The molecule has 0 atom stereocenters. The van der Waals surface area contributed by atoms with E-state index in [2.05, 4.69) is 23.8 Å². The van der Waals surface area contributed by atoms with Crippen LogP contribution in [0.3, 0.4) is 0 Å². The molecular formula is C19H25N5O2S. The van der Waals surface area contributed by atoms with E-state index in [1.54, 1.807) is 22.7 Å². The van der Waals surface area contributed by atoms with E-state index in [9.17, 15) is 4.79 Å². The molecule has 0 spiro atoms. The Kier molecular flexibility index (Phi) is 5.39. The third kappa shape index (κ3) is 3.51. The molecule has 0 saturated carbocycles. The number of rotatable bonds is 6. The molecule has 0 N–H and O–H groups in total. The van der Waals surface area contributed by atoms with Crippen LogP contribution >= 0.6 is 11.8 Å². The monoisotopic (exact) mass is 387 g/mol. The molecule has 7 nitrogen and oxygen atoms in total. The molecule has 0 unspecified atom stereocenters. The van der Waals surface area contributed by atoms with Gasteiger partial charge in [-0.25, -0.2) is 24.3 Å². The topological polar surface area (TPSA) is 74.8 Å². The van der Waals surface area contributed by atoms with Crippen LogP contribution < -0.4 is 5.56 Å². The third-order valence-corrected chi connectivity index (χ3v) is 4.98. The molecule has 3 aromatic rings. The molecule has 0 bridgehead atoms. The van der Waals surface area contributed by atoms with Crippen molar-refractivity contribution in [3.8, 4) is 5.82 Å². The smallest absolute Gasteiger partial charge is 0.278 e. The minimum atomic E-state index is -0.254. The number of pyridine rings is 1. The van der Waals surface area contributed by atoms with E-state index in [4.69, 9.17) is 9.72 Å². The summed E-state index contributed by atoms with van der Waals surface area (Å²) >= 11 is 1.44. The van der Waals surface area contributed by atoms with E-state index in [1.165, 1.54) is 11.8 Å². The summed E-state index contributed by atoms with van der Waals surface area (Å²) < 4.78 is 8.83. The Balaban J connectivity index is 2.31. The van der Waals surface area contributed by atoms with Crippen molar-refractivity contribution >= 4 is 22.8 Å². The van der Waals surface area contributed by atoms with Crippen LogP contribution in [-0.4, -0.2) is 44.3 Å². The van der Waals surface area contributed by atoms with E-state index >= 15 is 0 Å². The third-order valence-electron chi connectivity index (χ3n) is 4.42. The number of fused-ring (bicyclic) bond motifs is 1. The maximum atomic E-state index is 13.0. The molecule has 27 heavy (non-hydrogen) atoms. The molecule has 0 aliphatic carbocycles. The van der Waals surface area contributed by atoms with Crippen molar-refractivity contribution in [3.63, 3.8) is 0 Å². The fraction of sp³-hybridized carbons (Fsp3) is 0.474. The molecule has 0 aliphatic heterocycles. The molecule has 3 aromatic heterocycles. The van der Waals surface area contributed by atoms with Crippen LogP contribution in [-0.2, 0) is 10.2 Å². The molecule has 0 saturated heterocycles. The molecular weight excluding hydrogens is 362 g/mol. The van der Waals surface area contributed by atoms with Crippen molar-refractivity contribution in [1.82, 2.24) is 24.3 Å². The van der Waals surface area contributed by atoms with E-state index < -0.39 is 0 Å². The van der Waals surface area contributed by atoms with Crippen LogP contribution in [0.2, 0.25) is 0 Å². The second-order valence-electron chi connectivity index (χ2n) is 7.35. The van der Waals surface area contributed by atoms with Gasteiger partial charge in [-0.05, 0) is 32.2 Å². The maximum absolute atomic E-state index is 13.0. The number of thioether (sulfide) groups is 1. The van der Waals surface area contributed by atoms with Crippen molar-refractivity contribution < 1.29 is 4.74 Å². The second kappa shape index (κ2) is 7.44. The molecule has 0 aliphatic rings. The minimum Gasteiger partial charge on any atom is -0.384 e. The number of methoxy groups -OCH3 is 1. The average molecular weight is 388 g/mol. The molecule has 0 radical (unpaired) electrons. The lowest BCUT2D eigenvalue weighted by Crippen LogP contribution is -2.27. The SMILES string of the molecule is COCC(C)(C)c1cccc(-n2c3nc(SC)ncc3c(=O)n2C(C)C)n1. The summed E-state index contributed by atoms with van der Waals surface area (Å²) in [5.74, 6) is 0.656. The van der Waals surface area contributed by atoms with Gasteiger partial charge in [0, 0.05) is 24.8 Å². The highest BCUT2D eigenvalue weighted by molar-refractivity contribution is 7.98. The molecule has 0 fully saturated rings. The van der Waals surface area contributed by atoms with Gasteiger partial charge in [-0.2, -0.15) is 0 Å². The van der Waals surface area contributed by atoms with Gasteiger partial charge in [0.05, 0.1) is 12.3 Å². The van der Waals surface area contributed by atoms with Crippen molar-refractivity contribution in [1.29, 1.82) is 0 Å². The van der Waals surface area contributed by atoms with Crippen LogP contribution in [0, 0.1) is 0 Å². The van der Waals surface area contributed by atoms with E-state index in [0.717, 1.165) is 5.69 Å². The van der Waals surface area contributed by atoms with Gasteiger partial charge in [-0.3, -0.25) is 4.79 Å². The van der Waals surface area contributed by atoms with Gasteiger partial charge in [0.2, 0.25) is 0 Å². The van der Waals surface area contributed by atoms with Crippen molar-refractivity contribution in [2.45, 2.75) is 44.3 Å². The van der Waals surface area contributed by atoms with Crippen LogP contribution in [0.1, 0.15) is 39.4 Å². The fourth-order valence-electron chi connectivity index (χ4n) is 3.12. The summed E-state index contributed by atoms with van der Waals surface area (Å²) in [6.45, 7) is 8.66. The number of hydrogen-bond acceptors (Lipinski definition) is 6. The van der Waals surface area contributed by atoms with Gasteiger partial charge in [0.25, 0.3) is 5.56 Å². The zero-order valence-corrected chi connectivity index (χ0v) is 17.4. The molecule has 3 heterocycles. The van der Waals surface area contributed by atoms with Crippen LogP contribution in [0.4, 0.5) is 0 Å². The van der Waals surface area contributed by atoms with E-state index in [-0.39, 0.29) is 17.0 Å². The van der Waals surface area contributed by atoms with Gasteiger partial charge in [0.15, 0.2) is 16.6 Å². The number of nitrogens with zero attached hydrogens (tertiary/aromatic N) is 5. The molecule has 144 valence electrons. The molecule has 0 amide bonds. The molecule has 0 aromatic carbocycles. The Morgan fingerprint density at radius 1 is 1.26 bits per heavy atom. The Morgan fingerprint density at radius 3 is 2.63 bits per heavy atom. The summed E-state index contributed by atoms with van der Waals surface area (Å²) in [4.78, 5) is 26.7. The first-order chi connectivity index (χ1) is 12.8. The van der Waals surface area contributed by atoms with E-state index in [0.29, 0.717) is 28.6 Å². The zero-order chi connectivity index (χ0) is 19.8. The maximum Gasteiger partial charge on any atom is 0.278 e. The molecule has 8 heteroatoms. The van der Waals surface area contributed by atoms with Crippen molar-refractivity contribution in [2.24, 2.45) is 0 Å². The Hall–Kier alpha value is -2.19. The predicted octanol–water partition coefficient (Wildman–Crippen LogP) is 3.20. The zero-order valence-electron chi connectivity index (χ0n) is 16.6. The van der Waals surface area contributed by atoms with Gasteiger partial charge >= 0.3 is 0 Å². The van der Waals surface area contributed by atoms with Crippen LogP contribution in [0.25, 0.3) is 16.9 Å². The lowest BCUT2D eigenvalue weighted by Gasteiger charge is -2.24. The first-order valence-electron chi connectivity index (χ1n) is 8.81. The van der Waals surface area contributed by atoms with E-state index in [1.807, 2.05) is 38.3 Å². The summed E-state index contributed by atoms with van der Waals surface area (Å²) in [5, 5.41) is 1.11. The van der Waals surface area contributed by atoms with Crippen molar-refractivity contribution in [3.05, 3.63) is 40.4 Å². The first kappa shape index (κ1) is 19.6. The van der Waals surface area contributed by atoms with Gasteiger partial charge in [-0.15, -0.1) is 0 Å². The highest BCUT2D eigenvalue weighted by Gasteiger charge is 2.24. The Labute approximate surface area is 162 Å². The number of hydrogen-bond donors (Lipinski definition) is 0. The Morgan fingerprint density at radius 2 is 2.00 bits per heavy atom. The standard InChI is InChI=1S/C19H25N5O2S/c1-12(2)23-17(25)13-10-20-18(27-6)22-16(13)24(23)15-9-7-8-14(21-15)19(3,4)11-26-5/h7-10,12H,11H2,1-6H3. The quantitative estimate of drug-likeness (QED) is 0.478. The van der Waals surface area contributed by atoms with Crippen LogP contribution in [0.15, 0.2) is 34.3 Å². The lowest BCUT2D eigenvalue weighted by atomic mass is 9.90. The number of aromatic nitrogens is 5. The first-order valence-corrected chi connectivity index (χ1v) is 10.0. The normalized spacial score (nSPS) is 12.3. The highest BCUT2D eigenvalue weighted by atomic mass is 32.2. The van der Waals surface area contributed by atoms with Gasteiger partial charge in [0.1, 0.15) is 5.39 Å². The fourth-order valence-corrected chi connectivity index (χ4v) is 3.46. The van der Waals surface area contributed by atoms with Crippen molar-refractivity contribution in [2.75, 3.05) is 20.0 Å². The summed E-state index contributed by atoms with van der Waals surface area (Å²) in [7, 11) is 1.68. The largest absolute Gasteiger partial charge is 0.384 e. The van der Waals surface area contributed by atoms with Gasteiger partial charge < -0.3 is 4.74 Å². The van der Waals surface area contributed by atoms with Gasteiger partial charge in [-0.1, -0.05) is 31.7 Å². The van der Waals surface area contributed by atoms with Crippen LogP contribution in [0.5, 0.6) is 0 Å². The summed E-state index contributed by atoms with van der Waals surface area (Å²) in [6.07, 6.45) is 3.51. The minimum absolute atomic E-state index is 0.0538. The lowest BCUT2D eigenvalue weighted by molar-refractivity contribution is 0.144. The average Bonchev–Trinajstić information content (AvgIpc) is 2.94. The Bertz CT molecular complexity index is 1020. The number of ether oxygens (including phenoxy) is 1. The summed E-state index contributed by atoms with van der Waals surface area (Å²) in [6, 6.07) is 5.77. The highest BCUT2D eigenvalue weighted by Crippen LogP contribution is 2.24. The summed E-state index contributed by atoms with van der Waals surface area (Å²) in [5.41, 5.74) is 1.10.